The Morgan fingerprint density at radius 2 is 1.75 bits per heavy atom. The van der Waals surface area contributed by atoms with Crippen LogP contribution in [0.15, 0.2) is 16.9 Å². The molecule has 3 aromatic heterocycles. The number of carbonyl (C=O) groups is 2. The fraction of sp³-hybridized carbons (Fsp3) is 0.353. The fourth-order valence-electron chi connectivity index (χ4n) is 2.85. The largest absolute Gasteiger partial charge is 0.480 e. The summed E-state index contributed by atoms with van der Waals surface area (Å²) < 4.78 is 5.76. The second kappa shape index (κ2) is 7.58. The van der Waals surface area contributed by atoms with Crippen LogP contribution in [0.3, 0.4) is 0 Å². The van der Waals surface area contributed by atoms with Crippen LogP contribution in [0.5, 0.6) is 0 Å². The minimum Gasteiger partial charge on any atom is -0.480 e. The van der Waals surface area contributed by atoms with Gasteiger partial charge in [-0.1, -0.05) is 0 Å². The Labute approximate surface area is 169 Å². The van der Waals surface area contributed by atoms with Crippen LogP contribution in [0, 0.1) is 27.7 Å². The van der Waals surface area contributed by atoms with Gasteiger partial charge in [0.25, 0.3) is 5.91 Å². The van der Waals surface area contributed by atoms with Gasteiger partial charge in [-0.05, 0) is 43.6 Å². The molecule has 148 valence electrons. The van der Waals surface area contributed by atoms with Crippen molar-refractivity contribution in [3.63, 3.8) is 0 Å². The predicted molar refractivity (Wildman–Crippen MR) is 104 cm³/mol. The number of anilines is 1. The topological polar surface area (TPSA) is 120 Å². The molecular formula is C17H20BrN7O3. The maximum atomic E-state index is 12.5. The third-order valence-electron chi connectivity index (χ3n) is 4.37. The summed E-state index contributed by atoms with van der Waals surface area (Å²) in [5.74, 6) is -1.41. The second-order valence-electron chi connectivity index (χ2n) is 6.45. The van der Waals surface area contributed by atoms with Crippen LogP contribution in [0.4, 0.5) is 5.69 Å². The molecule has 0 spiro atoms. The van der Waals surface area contributed by atoms with Crippen molar-refractivity contribution in [1.82, 2.24) is 29.3 Å². The number of aryl methyl sites for hydroxylation is 2. The Balaban J connectivity index is 1.79. The van der Waals surface area contributed by atoms with Gasteiger partial charge in [0.1, 0.15) is 13.2 Å². The van der Waals surface area contributed by atoms with Gasteiger partial charge in [0, 0.05) is 6.20 Å². The maximum absolute atomic E-state index is 12.5. The van der Waals surface area contributed by atoms with Crippen molar-refractivity contribution in [3.8, 4) is 0 Å². The van der Waals surface area contributed by atoms with Gasteiger partial charge < -0.3 is 10.4 Å². The number of carbonyl (C=O) groups excluding carboxylic acids is 1. The predicted octanol–water partition coefficient (Wildman–Crippen LogP) is 2.11. The Morgan fingerprint density at radius 1 is 1.11 bits per heavy atom. The number of aromatic nitrogens is 6. The van der Waals surface area contributed by atoms with E-state index in [0.717, 1.165) is 21.6 Å². The van der Waals surface area contributed by atoms with Crippen LogP contribution in [-0.2, 0) is 18.0 Å². The van der Waals surface area contributed by atoms with Crippen LogP contribution in [-0.4, -0.2) is 46.3 Å². The van der Waals surface area contributed by atoms with Crippen LogP contribution >= 0.6 is 15.9 Å². The molecule has 0 aliphatic heterocycles. The maximum Gasteiger partial charge on any atom is 0.325 e. The number of halogens is 1. The van der Waals surface area contributed by atoms with Gasteiger partial charge in [-0.15, -0.1) is 0 Å². The summed E-state index contributed by atoms with van der Waals surface area (Å²) in [5.41, 5.74) is 4.22. The molecule has 0 aromatic carbocycles. The third kappa shape index (κ3) is 3.84. The SMILES string of the molecule is Cc1nn(Cn2nc(C)c(NC(=O)c3cnn(CC(=O)O)c3)c2C)c(C)c1Br. The van der Waals surface area contributed by atoms with Crippen LogP contribution in [0.25, 0.3) is 0 Å². The minimum absolute atomic E-state index is 0.273. The van der Waals surface area contributed by atoms with E-state index in [-0.39, 0.29) is 18.0 Å². The first-order chi connectivity index (χ1) is 13.2. The Hall–Kier alpha value is -2.95. The lowest BCUT2D eigenvalue weighted by molar-refractivity contribution is -0.137. The van der Waals surface area contributed by atoms with Gasteiger partial charge in [0.15, 0.2) is 0 Å². The van der Waals surface area contributed by atoms with E-state index in [9.17, 15) is 9.59 Å². The number of hydrogen-bond donors (Lipinski definition) is 2. The smallest absolute Gasteiger partial charge is 0.325 e. The quantitative estimate of drug-likeness (QED) is 0.594. The number of carboxylic acids is 1. The summed E-state index contributed by atoms with van der Waals surface area (Å²) in [5, 5.41) is 24.5. The molecule has 0 unspecified atom stereocenters. The standard InChI is InChI=1S/C17H20BrN7O3/c1-9-15(18)11(3)24(21-9)8-25-12(4)16(10(2)22-25)20-17(28)13-5-19-23(6-13)7-14(26)27/h5-6H,7-8H2,1-4H3,(H,20,28)(H,26,27). The van der Waals surface area contributed by atoms with E-state index in [0.29, 0.717) is 18.1 Å². The van der Waals surface area contributed by atoms with Gasteiger partial charge in [-0.2, -0.15) is 15.3 Å². The van der Waals surface area contributed by atoms with E-state index in [1.807, 2.05) is 32.4 Å². The summed E-state index contributed by atoms with van der Waals surface area (Å²) in [6.07, 6.45) is 2.73. The van der Waals surface area contributed by atoms with E-state index in [1.165, 1.54) is 17.1 Å². The van der Waals surface area contributed by atoms with E-state index in [1.54, 1.807) is 4.68 Å². The van der Waals surface area contributed by atoms with Gasteiger partial charge in [-0.3, -0.25) is 14.3 Å². The molecule has 0 fully saturated rings. The zero-order valence-corrected chi connectivity index (χ0v) is 17.5. The Kier molecular flexibility index (Phi) is 5.36. The van der Waals surface area contributed by atoms with E-state index < -0.39 is 5.97 Å². The molecule has 0 aliphatic carbocycles. The van der Waals surface area contributed by atoms with E-state index in [4.69, 9.17) is 5.11 Å². The molecule has 0 saturated carbocycles. The van der Waals surface area contributed by atoms with Crippen molar-refractivity contribution in [1.29, 1.82) is 0 Å². The van der Waals surface area contributed by atoms with E-state index in [2.05, 4.69) is 36.5 Å². The molecule has 2 N–H and O–H groups in total. The molecule has 3 heterocycles. The molecule has 0 atom stereocenters. The van der Waals surface area contributed by atoms with Crippen molar-refractivity contribution >= 4 is 33.5 Å². The van der Waals surface area contributed by atoms with Gasteiger partial charge in [0.2, 0.25) is 0 Å². The monoisotopic (exact) mass is 449 g/mol. The normalized spacial score (nSPS) is 11.0. The van der Waals surface area contributed by atoms with Gasteiger partial charge in [0.05, 0.1) is 44.7 Å². The summed E-state index contributed by atoms with van der Waals surface area (Å²) in [6.45, 7) is 7.67. The highest BCUT2D eigenvalue weighted by molar-refractivity contribution is 9.10. The molecule has 1 amide bonds. The Morgan fingerprint density at radius 3 is 2.36 bits per heavy atom. The number of nitrogens with one attached hydrogen (secondary N) is 1. The zero-order valence-electron chi connectivity index (χ0n) is 15.9. The number of hydrogen-bond acceptors (Lipinski definition) is 5. The van der Waals surface area contributed by atoms with Crippen molar-refractivity contribution in [3.05, 3.63) is 45.2 Å². The zero-order chi connectivity index (χ0) is 20.6. The molecule has 3 aromatic rings. The Bertz CT molecular complexity index is 1060. The van der Waals surface area contributed by atoms with E-state index >= 15 is 0 Å². The molecule has 0 aliphatic rings. The number of nitrogens with zero attached hydrogens (tertiary/aromatic N) is 6. The lowest BCUT2D eigenvalue weighted by Gasteiger charge is -2.08. The lowest BCUT2D eigenvalue weighted by atomic mass is 10.2. The average molecular weight is 450 g/mol. The molecule has 11 heteroatoms. The van der Waals surface area contributed by atoms with Crippen molar-refractivity contribution in [2.24, 2.45) is 0 Å². The first-order valence-corrected chi connectivity index (χ1v) is 9.25. The highest BCUT2D eigenvalue weighted by atomic mass is 79.9. The summed E-state index contributed by atoms with van der Waals surface area (Å²) >= 11 is 3.51. The molecule has 28 heavy (non-hydrogen) atoms. The van der Waals surface area contributed by atoms with Crippen molar-refractivity contribution in [2.45, 2.75) is 40.9 Å². The van der Waals surface area contributed by atoms with Crippen LogP contribution in [0.2, 0.25) is 0 Å². The fourth-order valence-corrected chi connectivity index (χ4v) is 3.13. The highest BCUT2D eigenvalue weighted by Crippen LogP contribution is 2.23. The summed E-state index contributed by atoms with van der Waals surface area (Å²) in [6, 6.07) is 0. The summed E-state index contributed by atoms with van der Waals surface area (Å²) in [7, 11) is 0. The van der Waals surface area contributed by atoms with Crippen molar-refractivity contribution in [2.75, 3.05) is 5.32 Å². The molecule has 10 nitrogen and oxygen atoms in total. The third-order valence-corrected chi connectivity index (χ3v) is 5.52. The van der Waals surface area contributed by atoms with Crippen molar-refractivity contribution < 1.29 is 14.7 Å². The van der Waals surface area contributed by atoms with Crippen LogP contribution < -0.4 is 5.32 Å². The average Bonchev–Trinajstić information content (AvgIpc) is 3.25. The van der Waals surface area contributed by atoms with Crippen LogP contribution in [0.1, 0.15) is 33.1 Å². The number of carboxylic acid groups (broad SMARTS) is 1. The number of rotatable bonds is 6. The van der Waals surface area contributed by atoms with Gasteiger partial charge >= 0.3 is 5.97 Å². The lowest BCUT2D eigenvalue weighted by Crippen LogP contribution is -2.15. The summed E-state index contributed by atoms with van der Waals surface area (Å²) in [4.78, 5) is 23.3. The first-order valence-electron chi connectivity index (χ1n) is 8.46. The number of amides is 1. The van der Waals surface area contributed by atoms with Gasteiger partial charge in [-0.25, -0.2) is 9.36 Å². The second-order valence-corrected chi connectivity index (χ2v) is 7.24. The minimum atomic E-state index is -1.03. The molecule has 0 bridgehead atoms. The molecule has 0 saturated heterocycles. The molecule has 3 rings (SSSR count). The number of aliphatic carboxylic acids is 1. The molecular weight excluding hydrogens is 430 g/mol. The first kappa shape index (κ1) is 19.8. The molecule has 0 radical (unpaired) electrons. The highest BCUT2D eigenvalue weighted by Gasteiger charge is 2.18.